The van der Waals surface area contributed by atoms with Crippen molar-refractivity contribution in [1.82, 2.24) is 0 Å². The highest BCUT2D eigenvalue weighted by Crippen LogP contribution is 2.36. The van der Waals surface area contributed by atoms with Crippen LogP contribution in [0.1, 0.15) is 30.1 Å². The molecule has 1 saturated heterocycles. The summed E-state index contributed by atoms with van der Waals surface area (Å²) in [4.78, 5) is 35.5. The number of rotatable bonds is 4. The van der Waals surface area contributed by atoms with E-state index in [-0.39, 0.29) is 24.6 Å². The van der Waals surface area contributed by atoms with Crippen molar-refractivity contribution < 1.29 is 19.1 Å². The first kappa shape index (κ1) is 12.5. The molecule has 2 rings (SSSR count). The fourth-order valence-corrected chi connectivity index (χ4v) is 2.16. The van der Waals surface area contributed by atoms with Crippen LogP contribution in [0.5, 0.6) is 0 Å². The second kappa shape index (κ2) is 4.72. The van der Waals surface area contributed by atoms with Gasteiger partial charge in [-0.1, -0.05) is 30.3 Å². The van der Waals surface area contributed by atoms with Gasteiger partial charge in [0, 0.05) is 18.4 Å². The van der Waals surface area contributed by atoms with Gasteiger partial charge in [0.2, 0.25) is 0 Å². The molecule has 1 heterocycles. The SMILES string of the molecule is CC(=O)C1(CC(=O)c2ccccc2)CCOC1=O. The summed E-state index contributed by atoms with van der Waals surface area (Å²) in [5.74, 6) is -1.07. The lowest BCUT2D eigenvalue weighted by molar-refractivity contribution is -0.150. The number of benzene rings is 1. The Balaban J connectivity index is 2.24. The maximum Gasteiger partial charge on any atom is 0.320 e. The molecule has 1 fully saturated rings. The zero-order chi connectivity index (χ0) is 13.2. The van der Waals surface area contributed by atoms with Crippen LogP contribution in [0.3, 0.4) is 0 Å². The van der Waals surface area contributed by atoms with E-state index < -0.39 is 11.4 Å². The van der Waals surface area contributed by atoms with Crippen molar-refractivity contribution in [2.24, 2.45) is 5.41 Å². The zero-order valence-electron chi connectivity index (χ0n) is 10.1. The molecule has 0 aromatic heterocycles. The zero-order valence-corrected chi connectivity index (χ0v) is 10.1. The van der Waals surface area contributed by atoms with Gasteiger partial charge in [0.15, 0.2) is 5.78 Å². The van der Waals surface area contributed by atoms with Crippen molar-refractivity contribution in [3.05, 3.63) is 35.9 Å². The molecule has 0 bridgehead atoms. The molecule has 1 atom stereocenters. The quantitative estimate of drug-likeness (QED) is 0.461. The number of cyclic esters (lactones) is 1. The third-order valence-electron chi connectivity index (χ3n) is 3.38. The number of hydrogen-bond donors (Lipinski definition) is 0. The van der Waals surface area contributed by atoms with E-state index in [1.54, 1.807) is 30.3 Å². The third kappa shape index (κ3) is 2.06. The molecule has 1 aliphatic heterocycles. The summed E-state index contributed by atoms with van der Waals surface area (Å²) < 4.78 is 4.85. The maximum atomic E-state index is 12.1. The number of carbonyl (C=O) groups is 3. The van der Waals surface area contributed by atoms with Crippen LogP contribution in [-0.2, 0) is 14.3 Å². The van der Waals surface area contributed by atoms with Gasteiger partial charge in [0.1, 0.15) is 11.2 Å². The minimum absolute atomic E-state index is 0.106. The Morgan fingerprint density at radius 1 is 1.28 bits per heavy atom. The van der Waals surface area contributed by atoms with Crippen LogP contribution in [0.4, 0.5) is 0 Å². The van der Waals surface area contributed by atoms with Crippen molar-refractivity contribution in [3.63, 3.8) is 0 Å². The normalized spacial score (nSPS) is 22.6. The number of Topliss-reactive ketones (excluding diaryl/α,β-unsaturated/α-hetero) is 2. The van der Waals surface area contributed by atoms with Crippen LogP contribution in [0.2, 0.25) is 0 Å². The topological polar surface area (TPSA) is 60.4 Å². The summed E-state index contributed by atoms with van der Waals surface area (Å²) in [6.45, 7) is 1.55. The molecule has 0 aliphatic carbocycles. The summed E-state index contributed by atoms with van der Waals surface area (Å²) in [5, 5.41) is 0. The van der Waals surface area contributed by atoms with Gasteiger partial charge < -0.3 is 4.74 Å². The highest BCUT2D eigenvalue weighted by atomic mass is 16.5. The highest BCUT2D eigenvalue weighted by Gasteiger charge is 2.50. The molecule has 0 N–H and O–H groups in total. The van der Waals surface area contributed by atoms with Crippen molar-refractivity contribution in [2.75, 3.05) is 6.61 Å². The molecule has 1 aromatic carbocycles. The van der Waals surface area contributed by atoms with E-state index in [2.05, 4.69) is 0 Å². The minimum Gasteiger partial charge on any atom is -0.465 e. The van der Waals surface area contributed by atoms with Gasteiger partial charge in [-0.25, -0.2) is 0 Å². The molecule has 0 radical (unpaired) electrons. The lowest BCUT2D eigenvalue weighted by atomic mass is 9.77. The van der Waals surface area contributed by atoms with Gasteiger partial charge in [0.05, 0.1) is 6.61 Å². The third-order valence-corrected chi connectivity index (χ3v) is 3.38. The van der Waals surface area contributed by atoms with Crippen LogP contribution < -0.4 is 0 Å². The Labute approximate surface area is 105 Å². The lowest BCUT2D eigenvalue weighted by Gasteiger charge is -2.20. The molecular formula is C14H14O4. The van der Waals surface area contributed by atoms with E-state index in [4.69, 9.17) is 4.74 Å². The molecule has 94 valence electrons. The summed E-state index contributed by atoms with van der Waals surface area (Å²) in [6, 6.07) is 8.66. The molecule has 0 saturated carbocycles. The average molecular weight is 246 g/mol. The van der Waals surface area contributed by atoms with Gasteiger partial charge in [-0.2, -0.15) is 0 Å². The second-order valence-corrected chi connectivity index (χ2v) is 4.49. The number of esters is 1. The Morgan fingerprint density at radius 3 is 2.44 bits per heavy atom. The van der Waals surface area contributed by atoms with Gasteiger partial charge in [0.25, 0.3) is 0 Å². The standard InChI is InChI=1S/C14H14O4/c1-10(15)14(7-8-18-13(14)17)9-12(16)11-5-3-2-4-6-11/h2-6H,7-9H2,1H3. The molecule has 1 aliphatic rings. The molecule has 4 heteroatoms. The Bertz CT molecular complexity index is 492. The maximum absolute atomic E-state index is 12.1. The number of ketones is 2. The fourth-order valence-electron chi connectivity index (χ4n) is 2.16. The second-order valence-electron chi connectivity index (χ2n) is 4.49. The van der Waals surface area contributed by atoms with Crippen LogP contribution in [-0.4, -0.2) is 24.1 Å². The smallest absolute Gasteiger partial charge is 0.320 e. The highest BCUT2D eigenvalue weighted by molar-refractivity contribution is 6.09. The van der Waals surface area contributed by atoms with Crippen molar-refractivity contribution in [3.8, 4) is 0 Å². The molecule has 1 aromatic rings. The van der Waals surface area contributed by atoms with Crippen LogP contribution >= 0.6 is 0 Å². The van der Waals surface area contributed by atoms with Crippen LogP contribution in [0.25, 0.3) is 0 Å². The predicted octanol–water partition coefficient (Wildman–Crippen LogP) is 1.78. The molecule has 4 nitrogen and oxygen atoms in total. The van der Waals surface area contributed by atoms with E-state index in [0.717, 1.165) is 0 Å². The van der Waals surface area contributed by atoms with Gasteiger partial charge in [-0.3, -0.25) is 14.4 Å². The monoisotopic (exact) mass is 246 g/mol. The summed E-state index contributed by atoms with van der Waals surface area (Å²) in [7, 11) is 0. The lowest BCUT2D eigenvalue weighted by Crippen LogP contribution is -2.36. The molecule has 18 heavy (non-hydrogen) atoms. The summed E-state index contributed by atoms with van der Waals surface area (Å²) >= 11 is 0. The van der Waals surface area contributed by atoms with Gasteiger partial charge in [-0.05, 0) is 6.92 Å². The van der Waals surface area contributed by atoms with E-state index in [1.807, 2.05) is 0 Å². The molecule has 0 amide bonds. The van der Waals surface area contributed by atoms with Crippen molar-refractivity contribution in [2.45, 2.75) is 19.8 Å². The van der Waals surface area contributed by atoms with Gasteiger partial charge >= 0.3 is 5.97 Å². The Hall–Kier alpha value is -1.97. The van der Waals surface area contributed by atoms with E-state index >= 15 is 0 Å². The largest absolute Gasteiger partial charge is 0.465 e. The number of ether oxygens (including phenoxy) is 1. The number of hydrogen-bond acceptors (Lipinski definition) is 4. The number of carbonyl (C=O) groups excluding carboxylic acids is 3. The Morgan fingerprint density at radius 2 is 1.94 bits per heavy atom. The van der Waals surface area contributed by atoms with E-state index in [1.165, 1.54) is 6.92 Å². The molecule has 1 unspecified atom stereocenters. The van der Waals surface area contributed by atoms with E-state index in [9.17, 15) is 14.4 Å². The summed E-state index contributed by atoms with van der Waals surface area (Å²) in [5.41, 5.74) is -0.759. The van der Waals surface area contributed by atoms with Crippen LogP contribution in [0.15, 0.2) is 30.3 Å². The molecule has 0 spiro atoms. The first-order chi connectivity index (χ1) is 8.56. The Kier molecular flexibility index (Phi) is 3.28. The van der Waals surface area contributed by atoms with Gasteiger partial charge in [-0.15, -0.1) is 0 Å². The summed E-state index contributed by atoms with van der Waals surface area (Å²) in [6.07, 6.45) is 0.185. The van der Waals surface area contributed by atoms with Crippen molar-refractivity contribution >= 4 is 17.5 Å². The first-order valence-electron chi connectivity index (χ1n) is 5.83. The molecular weight excluding hydrogens is 232 g/mol. The fraction of sp³-hybridized carbons (Fsp3) is 0.357. The van der Waals surface area contributed by atoms with Crippen molar-refractivity contribution in [1.29, 1.82) is 0 Å². The van der Waals surface area contributed by atoms with E-state index in [0.29, 0.717) is 12.0 Å². The first-order valence-corrected chi connectivity index (χ1v) is 5.83. The van der Waals surface area contributed by atoms with Crippen LogP contribution in [0, 0.1) is 5.41 Å². The minimum atomic E-state index is -1.27. The predicted molar refractivity (Wildman–Crippen MR) is 64.1 cm³/mol. The average Bonchev–Trinajstić information content (AvgIpc) is 2.73.